The van der Waals surface area contributed by atoms with Gasteiger partial charge in [0.2, 0.25) is 0 Å². The molecule has 0 saturated heterocycles. The number of nitrogens with zero attached hydrogens (tertiary/aromatic N) is 2. The molecule has 0 spiro atoms. The summed E-state index contributed by atoms with van der Waals surface area (Å²) in [4.78, 5) is 10.7. The maximum atomic E-state index is 13.4. The summed E-state index contributed by atoms with van der Waals surface area (Å²) in [7, 11) is 0. The summed E-state index contributed by atoms with van der Waals surface area (Å²) in [6, 6.07) is 4.87. The summed E-state index contributed by atoms with van der Waals surface area (Å²) < 4.78 is 27.5. The van der Waals surface area contributed by atoms with Gasteiger partial charge in [-0.05, 0) is 6.07 Å². The van der Waals surface area contributed by atoms with Gasteiger partial charge in [0.15, 0.2) is 17.3 Å². The molecule has 0 bridgehead atoms. The number of hydrogen-bond donors (Lipinski definition) is 2. The zero-order valence-corrected chi connectivity index (χ0v) is 9.10. The molecule has 0 aliphatic rings. The topological polar surface area (TPSA) is 81.1 Å². The second-order valence-electron chi connectivity index (χ2n) is 3.63. The van der Waals surface area contributed by atoms with Gasteiger partial charge >= 0.3 is 5.97 Å². The molecular weight excluding hydrogens is 244 g/mol. The van der Waals surface area contributed by atoms with E-state index in [1.54, 1.807) is 0 Å². The number of benzene rings is 1. The molecule has 1 heterocycles. The molecular formula is C11H9F2N3O2. The number of hydrogen-bond acceptors (Lipinski definition) is 3. The van der Waals surface area contributed by atoms with Crippen molar-refractivity contribution in [1.29, 1.82) is 0 Å². The van der Waals surface area contributed by atoms with E-state index in [0.29, 0.717) is 0 Å². The lowest BCUT2D eigenvalue weighted by Crippen LogP contribution is -2.09. The lowest BCUT2D eigenvalue weighted by molar-refractivity contribution is 0.0689. The zero-order chi connectivity index (χ0) is 13.3. The lowest BCUT2D eigenvalue weighted by atomic mass is 10.2. The Hall–Kier alpha value is -2.44. The predicted octanol–water partition coefficient (Wildman–Crippen LogP) is 1.49. The van der Waals surface area contributed by atoms with Gasteiger partial charge in [-0.2, -0.15) is 5.10 Å². The molecule has 1 aromatic heterocycles. The van der Waals surface area contributed by atoms with Gasteiger partial charge in [0.25, 0.3) is 0 Å². The lowest BCUT2D eigenvalue weighted by Gasteiger charge is -2.05. The highest BCUT2D eigenvalue weighted by molar-refractivity contribution is 5.86. The third-order valence-electron chi connectivity index (χ3n) is 2.38. The van der Waals surface area contributed by atoms with E-state index in [0.717, 1.165) is 16.8 Å². The minimum atomic E-state index is -1.24. The van der Waals surface area contributed by atoms with Gasteiger partial charge in [-0.25, -0.2) is 18.3 Å². The first-order chi connectivity index (χ1) is 8.49. The van der Waals surface area contributed by atoms with E-state index in [9.17, 15) is 13.6 Å². The van der Waals surface area contributed by atoms with Crippen molar-refractivity contribution < 1.29 is 18.7 Å². The highest BCUT2D eigenvalue weighted by atomic mass is 19.2. The van der Waals surface area contributed by atoms with Gasteiger partial charge in [0, 0.05) is 11.6 Å². The molecule has 2 rings (SSSR count). The van der Waals surface area contributed by atoms with Crippen molar-refractivity contribution in [3.8, 4) is 0 Å². The number of aromatic carboxylic acids is 1. The molecule has 0 aliphatic carbocycles. The number of rotatable bonds is 3. The average molecular weight is 253 g/mol. The summed E-state index contributed by atoms with van der Waals surface area (Å²) in [5, 5.41) is 12.4. The molecule has 94 valence electrons. The Bertz CT molecular complexity index is 610. The van der Waals surface area contributed by atoms with Crippen LogP contribution >= 0.6 is 0 Å². The number of anilines is 1. The van der Waals surface area contributed by atoms with Crippen LogP contribution in [-0.2, 0) is 6.54 Å². The van der Waals surface area contributed by atoms with Gasteiger partial charge in [-0.15, -0.1) is 0 Å². The van der Waals surface area contributed by atoms with Crippen LogP contribution in [0.5, 0.6) is 0 Å². The molecule has 0 unspecified atom stereocenters. The van der Waals surface area contributed by atoms with Crippen LogP contribution in [0.25, 0.3) is 0 Å². The minimum absolute atomic E-state index is 0.0433. The molecule has 18 heavy (non-hydrogen) atoms. The monoisotopic (exact) mass is 253 g/mol. The van der Waals surface area contributed by atoms with Crippen molar-refractivity contribution in [2.24, 2.45) is 0 Å². The van der Waals surface area contributed by atoms with Crippen molar-refractivity contribution in [3.63, 3.8) is 0 Å². The third-order valence-corrected chi connectivity index (χ3v) is 2.38. The van der Waals surface area contributed by atoms with Crippen LogP contribution in [0.4, 0.5) is 14.6 Å². The van der Waals surface area contributed by atoms with Gasteiger partial charge < -0.3 is 10.8 Å². The summed E-state index contributed by atoms with van der Waals surface area (Å²) in [6.45, 7) is -0.136. The second kappa shape index (κ2) is 4.44. The number of nitrogen functional groups attached to an aromatic ring is 1. The van der Waals surface area contributed by atoms with Gasteiger partial charge in [0.1, 0.15) is 5.82 Å². The van der Waals surface area contributed by atoms with Crippen molar-refractivity contribution in [1.82, 2.24) is 9.78 Å². The summed E-state index contributed by atoms with van der Waals surface area (Å²) in [5.74, 6) is -3.14. The molecule has 7 heteroatoms. The molecule has 0 amide bonds. The number of halogens is 2. The fourth-order valence-corrected chi connectivity index (χ4v) is 1.49. The third kappa shape index (κ3) is 2.15. The largest absolute Gasteiger partial charge is 0.476 e. The smallest absolute Gasteiger partial charge is 0.356 e. The molecule has 0 aliphatic heterocycles. The Morgan fingerprint density at radius 3 is 2.78 bits per heavy atom. The van der Waals surface area contributed by atoms with E-state index in [1.165, 1.54) is 12.1 Å². The number of aromatic nitrogens is 2. The zero-order valence-electron chi connectivity index (χ0n) is 9.10. The minimum Gasteiger partial charge on any atom is -0.476 e. The molecule has 5 nitrogen and oxygen atoms in total. The van der Waals surface area contributed by atoms with Gasteiger partial charge in [-0.1, -0.05) is 12.1 Å². The van der Waals surface area contributed by atoms with E-state index in [4.69, 9.17) is 10.8 Å². The van der Waals surface area contributed by atoms with Crippen LogP contribution in [0.1, 0.15) is 16.1 Å². The first-order valence-corrected chi connectivity index (χ1v) is 4.98. The molecule has 0 atom stereocenters. The van der Waals surface area contributed by atoms with E-state index >= 15 is 0 Å². The summed E-state index contributed by atoms with van der Waals surface area (Å²) in [6.07, 6.45) is 0. The van der Waals surface area contributed by atoms with Crippen molar-refractivity contribution in [2.45, 2.75) is 6.54 Å². The van der Waals surface area contributed by atoms with Crippen LogP contribution < -0.4 is 5.73 Å². The SMILES string of the molecule is Nc1cc(C(=O)O)nn1Cc1cccc(F)c1F. The Morgan fingerprint density at radius 1 is 1.44 bits per heavy atom. The Kier molecular flexibility index (Phi) is 2.97. The molecule has 2 aromatic rings. The standard InChI is InChI=1S/C11H9F2N3O2/c12-7-3-1-2-6(10(7)13)5-16-9(14)4-8(15-16)11(17)18/h1-4H,5,14H2,(H,17,18). The van der Waals surface area contributed by atoms with Crippen molar-refractivity contribution in [3.05, 3.63) is 47.2 Å². The fraction of sp³-hybridized carbons (Fsp3) is 0.0909. The van der Waals surface area contributed by atoms with E-state index in [1.807, 2.05) is 0 Å². The normalized spacial score (nSPS) is 10.6. The highest BCUT2D eigenvalue weighted by Crippen LogP contribution is 2.15. The first-order valence-electron chi connectivity index (χ1n) is 4.98. The van der Waals surface area contributed by atoms with Crippen molar-refractivity contribution >= 4 is 11.8 Å². The van der Waals surface area contributed by atoms with Crippen LogP contribution in [0.2, 0.25) is 0 Å². The number of carboxylic acids is 1. The predicted molar refractivity (Wildman–Crippen MR) is 59.1 cm³/mol. The molecule has 1 aromatic carbocycles. The van der Waals surface area contributed by atoms with E-state index in [2.05, 4.69) is 5.10 Å². The number of nitrogens with two attached hydrogens (primary N) is 1. The molecule has 3 N–H and O–H groups in total. The van der Waals surface area contributed by atoms with Crippen LogP contribution in [0.15, 0.2) is 24.3 Å². The van der Waals surface area contributed by atoms with Gasteiger partial charge in [-0.3, -0.25) is 0 Å². The summed E-state index contributed by atoms with van der Waals surface area (Å²) in [5.41, 5.74) is 5.33. The highest BCUT2D eigenvalue weighted by Gasteiger charge is 2.14. The number of carboxylic acid groups (broad SMARTS) is 1. The quantitative estimate of drug-likeness (QED) is 0.868. The maximum absolute atomic E-state index is 13.4. The second-order valence-corrected chi connectivity index (χ2v) is 3.63. The molecule has 0 fully saturated rings. The van der Waals surface area contributed by atoms with Crippen molar-refractivity contribution in [2.75, 3.05) is 5.73 Å². The Balaban J connectivity index is 2.34. The maximum Gasteiger partial charge on any atom is 0.356 e. The number of carbonyl (C=O) groups is 1. The Labute approximate surface area is 100 Å². The first kappa shape index (κ1) is 12.0. The summed E-state index contributed by atoms with van der Waals surface area (Å²) >= 11 is 0. The van der Waals surface area contributed by atoms with Crippen LogP contribution in [-0.4, -0.2) is 20.9 Å². The van der Waals surface area contributed by atoms with E-state index < -0.39 is 17.6 Å². The molecule has 0 saturated carbocycles. The average Bonchev–Trinajstić information content (AvgIpc) is 2.67. The molecule has 0 radical (unpaired) electrons. The Morgan fingerprint density at radius 2 is 2.17 bits per heavy atom. The van der Waals surface area contributed by atoms with Crippen LogP contribution in [0, 0.1) is 11.6 Å². The van der Waals surface area contributed by atoms with E-state index in [-0.39, 0.29) is 23.6 Å². The van der Waals surface area contributed by atoms with Gasteiger partial charge in [0.05, 0.1) is 6.54 Å². The van der Waals surface area contributed by atoms with Crippen LogP contribution in [0.3, 0.4) is 0 Å². The fourth-order valence-electron chi connectivity index (χ4n) is 1.49.